The number of anilines is 2. The smallest absolute Gasteiger partial charge is 0.243 e. The second-order valence-corrected chi connectivity index (χ2v) is 5.90. The Morgan fingerprint density at radius 2 is 1.59 bits per heavy atom. The molecule has 0 bridgehead atoms. The van der Waals surface area contributed by atoms with Crippen LogP contribution in [0.5, 0.6) is 11.5 Å². The minimum absolute atomic E-state index is 0.149. The van der Waals surface area contributed by atoms with Crippen LogP contribution in [-0.4, -0.2) is 19.6 Å². The number of carbonyl (C=O) groups is 1. The van der Waals surface area contributed by atoms with Gasteiger partial charge in [-0.1, -0.05) is 42.5 Å². The van der Waals surface area contributed by atoms with Gasteiger partial charge < -0.3 is 20.1 Å². The van der Waals surface area contributed by atoms with Gasteiger partial charge in [-0.3, -0.25) is 4.79 Å². The summed E-state index contributed by atoms with van der Waals surface area (Å²) in [6.45, 7) is 0.678. The van der Waals surface area contributed by atoms with Crippen molar-refractivity contribution in [1.29, 1.82) is 0 Å². The number of benzene rings is 3. The van der Waals surface area contributed by atoms with Crippen LogP contribution in [0.25, 0.3) is 0 Å². The Labute approximate surface area is 158 Å². The second-order valence-electron chi connectivity index (χ2n) is 5.90. The summed E-state index contributed by atoms with van der Waals surface area (Å²) in [5, 5.41) is 5.93. The lowest BCUT2D eigenvalue weighted by Gasteiger charge is -2.11. The number of hydrogen-bond acceptors (Lipinski definition) is 4. The highest BCUT2D eigenvalue weighted by molar-refractivity contribution is 5.95. The van der Waals surface area contributed by atoms with E-state index in [0.29, 0.717) is 18.0 Å². The van der Waals surface area contributed by atoms with Crippen molar-refractivity contribution in [3.05, 3.63) is 84.4 Å². The van der Waals surface area contributed by atoms with Crippen molar-refractivity contribution in [2.45, 2.75) is 6.61 Å². The molecule has 0 aliphatic rings. The van der Waals surface area contributed by atoms with E-state index in [-0.39, 0.29) is 12.5 Å². The minimum Gasteiger partial charge on any atom is -0.495 e. The van der Waals surface area contributed by atoms with E-state index in [1.807, 2.05) is 66.7 Å². The monoisotopic (exact) mass is 362 g/mol. The van der Waals surface area contributed by atoms with Gasteiger partial charge in [0.15, 0.2) is 0 Å². The maximum atomic E-state index is 12.1. The molecular formula is C22H22N2O3. The topological polar surface area (TPSA) is 59.6 Å². The third-order valence-electron chi connectivity index (χ3n) is 3.94. The summed E-state index contributed by atoms with van der Waals surface area (Å²) in [5.74, 6) is 1.26. The molecule has 0 aromatic heterocycles. The van der Waals surface area contributed by atoms with Gasteiger partial charge in [-0.05, 0) is 42.0 Å². The molecule has 3 aromatic carbocycles. The molecule has 0 fully saturated rings. The van der Waals surface area contributed by atoms with Crippen LogP contribution >= 0.6 is 0 Å². The Morgan fingerprint density at radius 3 is 2.33 bits per heavy atom. The molecule has 0 saturated carbocycles. The molecule has 0 unspecified atom stereocenters. The molecular weight excluding hydrogens is 340 g/mol. The lowest BCUT2D eigenvalue weighted by molar-refractivity contribution is -0.114. The predicted molar refractivity (Wildman–Crippen MR) is 107 cm³/mol. The Kier molecular flexibility index (Phi) is 6.30. The largest absolute Gasteiger partial charge is 0.495 e. The van der Waals surface area contributed by atoms with Crippen LogP contribution in [0.3, 0.4) is 0 Å². The fourth-order valence-electron chi connectivity index (χ4n) is 2.53. The summed E-state index contributed by atoms with van der Waals surface area (Å²) in [6.07, 6.45) is 0. The molecule has 0 aliphatic heterocycles. The lowest BCUT2D eigenvalue weighted by Crippen LogP contribution is -2.22. The zero-order valence-electron chi connectivity index (χ0n) is 15.1. The van der Waals surface area contributed by atoms with Gasteiger partial charge >= 0.3 is 0 Å². The molecule has 5 nitrogen and oxygen atoms in total. The maximum Gasteiger partial charge on any atom is 0.243 e. The molecule has 3 rings (SSSR count). The van der Waals surface area contributed by atoms with E-state index in [0.717, 1.165) is 17.0 Å². The number of methoxy groups -OCH3 is 1. The molecule has 0 atom stereocenters. The highest BCUT2D eigenvalue weighted by Crippen LogP contribution is 2.23. The highest BCUT2D eigenvalue weighted by atomic mass is 16.5. The Morgan fingerprint density at radius 1 is 0.889 bits per heavy atom. The molecule has 2 N–H and O–H groups in total. The van der Waals surface area contributed by atoms with Crippen molar-refractivity contribution in [3.63, 3.8) is 0 Å². The molecule has 0 saturated heterocycles. The predicted octanol–water partition coefficient (Wildman–Crippen LogP) is 4.32. The van der Waals surface area contributed by atoms with Crippen LogP contribution in [-0.2, 0) is 11.4 Å². The van der Waals surface area contributed by atoms with Crippen molar-refractivity contribution < 1.29 is 14.3 Å². The Hall–Kier alpha value is -3.47. The number of amides is 1. The third kappa shape index (κ3) is 5.51. The summed E-state index contributed by atoms with van der Waals surface area (Å²) >= 11 is 0. The molecule has 0 aliphatic carbocycles. The number of hydrogen-bond donors (Lipinski definition) is 2. The molecule has 0 heterocycles. The second kappa shape index (κ2) is 9.29. The van der Waals surface area contributed by atoms with E-state index >= 15 is 0 Å². The lowest BCUT2D eigenvalue weighted by atomic mass is 10.2. The first-order valence-electron chi connectivity index (χ1n) is 8.68. The SMILES string of the molecule is COc1ccccc1NC(=O)CNc1ccc(OCc2ccccc2)cc1. The van der Waals surface area contributed by atoms with E-state index in [1.54, 1.807) is 19.2 Å². The van der Waals surface area contributed by atoms with Gasteiger partial charge in [-0.15, -0.1) is 0 Å². The molecule has 27 heavy (non-hydrogen) atoms. The van der Waals surface area contributed by atoms with Crippen molar-refractivity contribution in [1.82, 2.24) is 0 Å². The van der Waals surface area contributed by atoms with E-state index < -0.39 is 0 Å². The quantitative estimate of drug-likeness (QED) is 0.626. The minimum atomic E-state index is -0.149. The molecule has 0 radical (unpaired) electrons. The first-order valence-corrected chi connectivity index (χ1v) is 8.68. The molecule has 1 amide bonds. The summed E-state index contributed by atoms with van der Waals surface area (Å²) < 4.78 is 11.0. The summed E-state index contributed by atoms with van der Waals surface area (Å²) in [7, 11) is 1.57. The number of para-hydroxylation sites is 2. The Bertz CT molecular complexity index is 864. The van der Waals surface area contributed by atoms with Crippen molar-refractivity contribution in [2.75, 3.05) is 24.3 Å². The number of ether oxygens (including phenoxy) is 2. The Balaban J connectivity index is 1.47. The standard InChI is InChI=1S/C22H22N2O3/c1-26-21-10-6-5-9-20(21)24-22(25)15-23-18-11-13-19(14-12-18)27-16-17-7-3-2-4-8-17/h2-14,23H,15-16H2,1H3,(H,24,25). The zero-order valence-corrected chi connectivity index (χ0v) is 15.1. The normalized spacial score (nSPS) is 10.1. The van der Waals surface area contributed by atoms with Crippen LogP contribution in [0.1, 0.15) is 5.56 Å². The van der Waals surface area contributed by atoms with E-state index in [2.05, 4.69) is 10.6 Å². The maximum absolute atomic E-state index is 12.1. The van der Waals surface area contributed by atoms with E-state index in [4.69, 9.17) is 9.47 Å². The van der Waals surface area contributed by atoms with Crippen LogP contribution in [0.2, 0.25) is 0 Å². The van der Waals surface area contributed by atoms with Crippen LogP contribution < -0.4 is 20.1 Å². The van der Waals surface area contributed by atoms with Crippen LogP contribution in [0.4, 0.5) is 11.4 Å². The molecule has 3 aromatic rings. The summed E-state index contributed by atoms with van der Waals surface area (Å²) in [6, 6.07) is 24.8. The number of rotatable bonds is 8. The van der Waals surface area contributed by atoms with Gasteiger partial charge in [-0.25, -0.2) is 0 Å². The van der Waals surface area contributed by atoms with Gasteiger partial charge in [0.25, 0.3) is 0 Å². The average Bonchev–Trinajstić information content (AvgIpc) is 2.72. The number of carbonyl (C=O) groups excluding carboxylic acids is 1. The van der Waals surface area contributed by atoms with Crippen molar-refractivity contribution >= 4 is 17.3 Å². The van der Waals surface area contributed by atoms with Crippen LogP contribution in [0, 0.1) is 0 Å². The zero-order chi connectivity index (χ0) is 18.9. The van der Waals surface area contributed by atoms with Crippen molar-refractivity contribution in [3.8, 4) is 11.5 Å². The molecule has 5 heteroatoms. The highest BCUT2D eigenvalue weighted by Gasteiger charge is 2.06. The third-order valence-corrected chi connectivity index (χ3v) is 3.94. The van der Waals surface area contributed by atoms with Gasteiger partial charge in [0.2, 0.25) is 5.91 Å². The summed E-state index contributed by atoms with van der Waals surface area (Å²) in [5.41, 5.74) is 2.61. The van der Waals surface area contributed by atoms with Crippen LogP contribution in [0.15, 0.2) is 78.9 Å². The number of nitrogens with one attached hydrogen (secondary N) is 2. The summed E-state index contributed by atoms with van der Waals surface area (Å²) in [4.78, 5) is 12.1. The van der Waals surface area contributed by atoms with Crippen molar-refractivity contribution in [2.24, 2.45) is 0 Å². The van der Waals surface area contributed by atoms with E-state index in [1.165, 1.54) is 0 Å². The average molecular weight is 362 g/mol. The van der Waals surface area contributed by atoms with Gasteiger partial charge in [-0.2, -0.15) is 0 Å². The van der Waals surface area contributed by atoms with Gasteiger partial charge in [0, 0.05) is 5.69 Å². The fourth-order valence-corrected chi connectivity index (χ4v) is 2.53. The van der Waals surface area contributed by atoms with E-state index in [9.17, 15) is 4.79 Å². The first kappa shape index (κ1) is 18.3. The van der Waals surface area contributed by atoms with Gasteiger partial charge in [0.1, 0.15) is 18.1 Å². The van der Waals surface area contributed by atoms with Gasteiger partial charge in [0.05, 0.1) is 19.3 Å². The molecule has 138 valence electrons. The fraction of sp³-hybridized carbons (Fsp3) is 0.136. The molecule has 0 spiro atoms. The first-order chi connectivity index (χ1) is 13.2.